The van der Waals surface area contributed by atoms with E-state index < -0.39 is 0 Å². The maximum absolute atomic E-state index is 12.9. The van der Waals surface area contributed by atoms with Gasteiger partial charge in [-0.25, -0.2) is 4.98 Å². The standard InChI is InChI=1S/C25H23Cl3N2O3/c1-30(2)13-4-14-32-23-15-20(27)21(28)16-24(23)33-25-19(5-3-12-29-25)22(31)11-8-17-6-9-18(26)10-7-17/h3,5-12,15-16H,4,13-14H2,1-2H3/b11-8+. The fourth-order valence-corrected chi connectivity index (χ4v) is 3.30. The Labute approximate surface area is 208 Å². The summed E-state index contributed by atoms with van der Waals surface area (Å²) in [6.07, 6.45) is 5.52. The van der Waals surface area contributed by atoms with Gasteiger partial charge in [-0.3, -0.25) is 4.79 Å². The minimum atomic E-state index is -0.262. The zero-order valence-corrected chi connectivity index (χ0v) is 20.5. The predicted molar refractivity (Wildman–Crippen MR) is 134 cm³/mol. The van der Waals surface area contributed by atoms with E-state index in [1.54, 1.807) is 48.7 Å². The van der Waals surface area contributed by atoms with Crippen LogP contribution in [0.5, 0.6) is 17.4 Å². The topological polar surface area (TPSA) is 51.7 Å². The van der Waals surface area contributed by atoms with Crippen LogP contribution < -0.4 is 9.47 Å². The summed E-state index contributed by atoms with van der Waals surface area (Å²) < 4.78 is 11.9. The minimum absolute atomic E-state index is 0.139. The maximum atomic E-state index is 12.9. The van der Waals surface area contributed by atoms with Gasteiger partial charge in [-0.15, -0.1) is 0 Å². The van der Waals surface area contributed by atoms with Crippen molar-refractivity contribution in [3.63, 3.8) is 0 Å². The molecular formula is C25H23Cl3N2O3. The highest BCUT2D eigenvalue weighted by molar-refractivity contribution is 6.42. The molecule has 0 N–H and O–H groups in total. The summed E-state index contributed by atoms with van der Waals surface area (Å²) in [5.74, 6) is 0.619. The molecule has 0 bridgehead atoms. The van der Waals surface area contributed by atoms with Crippen LogP contribution in [0.1, 0.15) is 22.3 Å². The van der Waals surface area contributed by atoms with Gasteiger partial charge < -0.3 is 14.4 Å². The van der Waals surface area contributed by atoms with Crippen molar-refractivity contribution < 1.29 is 14.3 Å². The Morgan fingerprint density at radius 1 is 1.03 bits per heavy atom. The number of halogens is 3. The van der Waals surface area contributed by atoms with E-state index in [-0.39, 0.29) is 11.7 Å². The van der Waals surface area contributed by atoms with Crippen molar-refractivity contribution in [2.75, 3.05) is 27.2 Å². The number of hydrogen-bond donors (Lipinski definition) is 0. The second kappa shape index (κ2) is 12.1. The highest BCUT2D eigenvalue weighted by Gasteiger charge is 2.16. The Kier molecular flexibility index (Phi) is 9.15. The number of carbonyl (C=O) groups excluding carboxylic acids is 1. The lowest BCUT2D eigenvalue weighted by Crippen LogP contribution is -2.15. The molecular weight excluding hydrogens is 483 g/mol. The Hall–Kier alpha value is -2.57. The highest BCUT2D eigenvalue weighted by Crippen LogP contribution is 2.39. The van der Waals surface area contributed by atoms with Crippen LogP contribution in [0.25, 0.3) is 6.08 Å². The van der Waals surface area contributed by atoms with E-state index in [9.17, 15) is 4.79 Å². The molecule has 0 spiro atoms. The summed E-state index contributed by atoms with van der Waals surface area (Å²) in [5.41, 5.74) is 1.14. The third kappa shape index (κ3) is 7.47. The summed E-state index contributed by atoms with van der Waals surface area (Å²) in [5, 5.41) is 1.27. The van der Waals surface area contributed by atoms with Crippen LogP contribution >= 0.6 is 34.8 Å². The smallest absolute Gasteiger partial charge is 0.230 e. The molecule has 1 aromatic heterocycles. The van der Waals surface area contributed by atoms with Crippen molar-refractivity contribution in [3.8, 4) is 17.4 Å². The Bertz CT molecular complexity index is 1130. The van der Waals surface area contributed by atoms with Crippen molar-refractivity contribution in [2.24, 2.45) is 0 Å². The number of ketones is 1. The number of pyridine rings is 1. The fourth-order valence-electron chi connectivity index (χ4n) is 2.87. The molecule has 8 heteroatoms. The van der Waals surface area contributed by atoms with Crippen LogP contribution in [0, 0.1) is 0 Å². The first kappa shape index (κ1) is 25.1. The van der Waals surface area contributed by atoms with Gasteiger partial charge in [0.15, 0.2) is 17.3 Å². The molecule has 1 heterocycles. The van der Waals surface area contributed by atoms with Crippen molar-refractivity contribution >= 4 is 46.7 Å². The molecule has 0 aliphatic rings. The van der Waals surface area contributed by atoms with Gasteiger partial charge >= 0.3 is 0 Å². The molecule has 172 valence electrons. The lowest BCUT2D eigenvalue weighted by molar-refractivity contribution is 0.104. The molecule has 0 saturated heterocycles. The third-order valence-electron chi connectivity index (χ3n) is 4.53. The molecule has 0 fully saturated rings. The molecule has 3 rings (SSSR count). The van der Waals surface area contributed by atoms with Crippen molar-refractivity contribution in [2.45, 2.75) is 6.42 Å². The average molecular weight is 506 g/mol. The lowest BCUT2D eigenvalue weighted by Gasteiger charge is -2.15. The number of hydrogen-bond acceptors (Lipinski definition) is 5. The van der Waals surface area contributed by atoms with Gasteiger partial charge in [0, 0.05) is 29.9 Å². The molecule has 5 nitrogen and oxygen atoms in total. The number of benzene rings is 2. The van der Waals surface area contributed by atoms with E-state index in [2.05, 4.69) is 9.88 Å². The molecule has 0 unspecified atom stereocenters. The summed E-state index contributed by atoms with van der Waals surface area (Å²) in [6.45, 7) is 1.33. The molecule has 33 heavy (non-hydrogen) atoms. The largest absolute Gasteiger partial charge is 0.490 e. The SMILES string of the molecule is CN(C)CCCOc1cc(Cl)c(Cl)cc1Oc1ncccc1C(=O)/C=C/c1ccc(Cl)cc1. The number of ether oxygens (including phenoxy) is 2. The number of rotatable bonds is 10. The van der Waals surface area contributed by atoms with Gasteiger partial charge in [0.1, 0.15) is 0 Å². The fraction of sp³-hybridized carbons (Fsp3) is 0.200. The zero-order valence-electron chi connectivity index (χ0n) is 18.2. The van der Waals surface area contributed by atoms with Crippen LogP contribution in [0.2, 0.25) is 15.1 Å². The summed E-state index contributed by atoms with van der Waals surface area (Å²) in [4.78, 5) is 19.2. The van der Waals surface area contributed by atoms with Gasteiger partial charge in [0.2, 0.25) is 5.88 Å². The van der Waals surface area contributed by atoms with Gasteiger partial charge in [-0.2, -0.15) is 0 Å². The van der Waals surface area contributed by atoms with E-state index in [0.717, 1.165) is 18.5 Å². The van der Waals surface area contributed by atoms with E-state index in [0.29, 0.717) is 38.7 Å². The molecule has 0 atom stereocenters. The highest BCUT2D eigenvalue weighted by atomic mass is 35.5. The normalized spacial score (nSPS) is 11.2. The van der Waals surface area contributed by atoms with Gasteiger partial charge in [0.05, 0.1) is 22.2 Å². The first-order chi connectivity index (χ1) is 15.8. The molecule has 3 aromatic rings. The molecule has 0 radical (unpaired) electrons. The first-order valence-electron chi connectivity index (χ1n) is 10.2. The second-order valence-electron chi connectivity index (χ2n) is 7.43. The summed E-state index contributed by atoms with van der Waals surface area (Å²) in [6, 6.07) is 13.6. The molecule has 0 aliphatic heterocycles. The predicted octanol–water partition coefficient (Wildman–Crippen LogP) is 7.06. The molecule has 0 amide bonds. The Balaban J connectivity index is 1.81. The summed E-state index contributed by atoms with van der Waals surface area (Å²) >= 11 is 18.3. The zero-order chi connectivity index (χ0) is 23.8. The van der Waals surface area contributed by atoms with E-state index in [1.165, 1.54) is 6.08 Å². The van der Waals surface area contributed by atoms with Crippen molar-refractivity contribution in [3.05, 3.63) is 87.0 Å². The van der Waals surface area contributed by atoms with Crippen LogP contribution in [0.3, 0.4) is 0 Å². The van der Waals surface area contributed by atoms with Gasteiger partial charge in [-0.05, 0) is 56.4 Å². The second-order valence-corrected chi connectivity index (χ2v) is 8.68. The first-order valence-corrected chi connectivity index (χ1v) is 11.3. The number of allylic oxidation sites excluding steroid dienone is 1. The van der Waals surface area contributed by atoms with E-state index in [4.69, 9.17) is 44.3 Å². The summed E-state index contributed by atoms with van der Waals surface area (Å²) in [7, 11) is 3.99. The van der Waals surface area contributed by atoms with Crippen LogP contribution in [-0.4, -0.2) is 42.9 Å². The number of carbonyl (C=O) groups is 1. The number of nitrogens with zero attached hydrogens (tertiary/aromatic N) is 2. The number of aromatic nitrogens is 1. The molecule has 2 aromatic carbocycles. The maximum Gasteiger partial charge on any atom is 0.230 e. The van der Waals surface area contributed by atoms with E-state index in [1.807, 2.05) is 26.2 Å². The van der Waals surface area contributed by atoms with Crippen LogP contribution in [-0.2, 0) is 0 Å². The third-order valence-corrected chi connectivity index (χ3v) is 5.51. The van der Waals surface area contributed by atoms with Crippen LogP contribution in [0.4, 0.5) is 0 Å². The van der Waals surface area contributed by atoms with Crippen molar-refractivity contribution in [1.82, 2.24) is 9.88 Å². The monoisotopic (exact) mass is 504 g/mol. The lowest BCUT2D eigenvalue weighted by atomic mass is 10.1. The van der Waals surface area contributed by atoms with Crippen molar-refractivity contribution in [1.29, 1.82) is 0 Å². The quantitative estimate of drug-likeness (QED) is 0.168. The Morgan fingerprint density at radius 3 is 2.42 bits per heavy atom. The molecule has 0 aliphatic carbocycles. The van der Waals surface area contributed by atoms with Gasteiger partial charge in [-0.1, -0.05) is 53.0 Å². The van der Waals surface area contributed by atoms with Crippen LogP contribution in [0.15, 0.2) is 60.8 Å². The average Bonchev–Trinajstić information content (AvgIpc) is 2.79. The minimum Gasteiger partial charge on any atom is -0.490 e. The van der Waals surface area contributed by atoms with Gasteiger partial charge in [0.25, 0.3) is 0 Å². The molecule has 0 saturated carbocycles. The Morgan fingerprint density at radius 2 is 1.73 bits per heavy atom. The van der Waals surface area contributed by atoms with E-state index >= 15 is 0 Å².